The van der Waals surface area contributed by atoms with Crippen LogP contribution in [0.15, 0.2) is 11.6 Å². The average molecular weight is 1570 g/mol. The predicted molar refractivity (Wildman–Crippen MR) is 467 cm³/mol. The number of carbonyl (C=O) groups excluding carboxylic acids is 3. The molecule has 0 aliphatic rings. The van der Waals surface area contributed by atoms with Gasteiger partial charge in [-0.05, 0) is 128 Å². The van der Waals surface area contributed by atoms with E-state index >= 15 is 0 Å². The number of aliphatic hydroxyl groups excluding tert-OH is 3. The molecule has 0 rings (SSSR count). The minimum absolute atomic E-state index is 0.000627. The van der Waals surface area contributed by atoms with Crippen molar-refractivity contribution in [2.45, 2.75) is 415 Å². The molecule has 0 fully saturated rings. The minimum Gasteiger partial charge on any atom is -0.481 e. The van der Waals surface area contributed by atoms with Gasteiger partial charge in [0.05, 0.1) is 91.8 Å². The first-order valence-electron chi connectivity index (χ1n) is 46.2. The summed E-state index contributed by atoms with van der Waals surface area (Å²) in [6, 6.07) is 0. The van der Waals surface area contributed by atoms with E-state index in [4.69, 9.17) is 48.8 Å². The van der Waals surface area contributed by atoms with Crippen molar-refractivity contribution in [1.82, 2.24) is 0 Å². The highest BCUT2D eigenvalue weighted by molar-refractivity contribution is 5.77. The smallest absolute Gasteiger partial charge is 0.306 e. The van der Waals surface area contributed by atoms with Gasteiger partial charge in [0.1, 0.15) is 6.61 Å². The fourth-order valence-electron chi connectivity index (χ4n) is 14.2. The molecule has 4 N–H and O–H groups in total. The lowest BCUT2D eigenvalue weighted by Gasteiger charge is -2.16. The largest absolute Gasteiger partial charge is 0.481 e. The van der Waals surface area contributed by atoms with Crippen LogP contribution >= 0.6 is 0 Å². The summed E-state index contributed by atoms with van der Waals surface area (Å²) in [6.07, 6.45) is 52.8. The Bertz CT molecular complexity index is 1990. The number of hydrogen-bond donors (Lipinski definition) is 4. The Balaban J connectivity index is -0.000000708. The molecule has 0 saturated heterocycles. The SMILES string of the molecule is C/C(=C\CO)CCCC(C)CCCC(C)CCCC(C)C.CC(C)CCCC(C)CCCC(C)CCCC(C)CCO.CC(C)CCCC(C)CCCC(C)CCCC(C)CCOC(=O)CCC(=O)O.CC(C)CCCC(C)CCCC(C)CCCC(C)CCOC(=O)CCC(=O)OCCOCCOCCOCCO. The summed E-state index contributed by atoms with van der Waals surface area (Å²) in [5.41, 5.74) is 1.34. The highest BCUT2D eigenvalue weighted by Gasteiger charge is 2.16. The Morgan fingerprint density at radius 2 is 0.464 bits per heavy atom. The lowest BCUT2D eigenvalue weighted by Crippen LogP contribution is -2.15. The molecule has 0 aliphatic heterocycles. The van der Waals surface area contributed by atoms with E-state index in [0.29, 0.717) is 70.6 Å². The maximum atomic E-state index is 11.9. The zero-order valence-electron chi connectivity index (χ0n) is 76.5. The molecule has 14 nitrogen and oxygen atoms in total. The lowest BCUT2D eigenvalue weighted by atomic mass is 9.91. The van der Waals surface area contributed by atoms with Gasteiger partial charge in [0, 0.05) is 6.61 Å². The zero-order chi connectivity index (χ0) is 83.4. The predicted octanol–water partition coefficient (Wildman–Crippen LogP) is 26.0. The number of carboxylic acids is 1. The number of hydrogen-bond acceptors (Lipinski definition) is 13. The van der Waals surface area contributed by atoms with E-state index in [-0.39, 0.29) is 58.1 Å². The van der Waals surface area contributed by atoms with Crippen LogP contribution in [0.3, 0.4) is 0 Å². The fraction of sp³-hybridized carbons (Fsp3) is 0.938. The van der Waals surface area contributed by atoms with Gasteiger partial charge in [-0.1, -0.05) is 362 Å². The van der Waals surface area contributed by atoms with E-state index in [1.54, 1.807) is 0 Å². The normalized spacial score (nSPS) is 14.8. The van der Waals surface area contributed by atoms with Gasteiger partial charge in [0.25, 0.3) is 0 Å². The summed E-state index contributed by atoms with van der Waals surface area (Å²) in [7, 11) is 0. The standard InChI is InChI=1S/C32H62O8.C24H46O4.C20H42O.C20H40O/c1-27(2)9-6-10-28(3)11-7-12-29(4)13-8-14-30(5)17-19-39-31(34)15-16-32(35)40-26-25-38-24-23-37-22-21-36-20-18-33;1-19(2)9-6-10-20(3)11-7-12-21(4)13-8-14-22(5)17-18-28-24(27)16-15-23(25)26;2*1-17(2)9-6-10-18(3)11-7-12-19(4)13-8-14-20(5)15-16-21/h27-30,33H,6-26H2,1-5H3;19-22H,6-18H2,1-5H3,(H,25,26);17-21H,6-16H2,1-5H3;15,17-19,21H,6-14,16H2,1-5H3/b;;;20-15+. The Hall–Kier alpha value is -2.62. The van der Waals surface area contributed by atoms with Gasteiger partial charge in [-0.25, -0.2) is 0 Å². The van der Waals surface area contributed by atoms with Crippen LogP contribution in [0.5, 0.6) is 0 Å². The van der Waals surface area contributed by atoms with Crippen molar-refractivity contribution in [3.05, 3.63) is 11.6 Å². The van der Waals surface area contributed by atoms with Crippen LogP contribution in [0.2, 0.25) is 0 Å². The number of allylic oxidation sites excluding steroid dienone is 1. The molecule has 0 aromatic heterocycles. The van der Waals surface area contributed by atoms with Gasteiger partial charge in [-0.2, -0.15) is 0 Å². The summed E-state index contributed by atoms with van der Waals surface area (Å²) < 4.78 is 31.2. The third kappa shape index (κ3) is 94.2. The van der Waals surface area contributed by atoms with Gasteiger partial charge in [-0.15, -0.1) is 0 Å². The van der Waals surface area contributed by atoms with Crippen molar-refractivity contribution in [3.8, 4) is 0 Å². The van der Waals surface area contributed by atoms with Crippen molar-refractivity contribution in [2.24, 2.45) is 88.8 Å². The van der Waals surface area contributed by atoms with E-state index in [2.05, 4.69) is 138 Å². The number of carbonyl (C=O) groups is 4. The van der Waals surface area contributed by atoms with Gasteiger partial charge in [0.2, 0.25) is 0 Å². The van der Waals surface area contributed by atoms with Crippen LogP contribution in [-0.2, 0) is 47.6 Å². The minimum atomic E-state index is -0.958. The summed E-state index contributed by atoms with van der Waals surface area (Å²) in [6.45, 7) is 50.3. The van der Waals surface area contributed by atoms with Gasteiger partial charge >= 0.3 is 23.9 Å². The second-order valence-electron chi connectivity index (χ2n) is 36.8. The van der Waals surface area contributed by atoms with Crippen LogP contribution in [0, 0.1) is 88.8 Å². The molecule has 0 bridgehead atoms. The molecule has 0 spiro atoms. The van der Waals surface area contributed by atoms with Crippen LogP contribution < -0.4 is 0 Å². The Morgan fingerprint density at radius 1 is 0.245 bits per heavy atom. The second kappa shape index (κ2) is 82.9. The summed E-state index contributed by atoms with van der Waals surface area (Å²) in [4.78, 5) is 45.5. The van der Waals surface area contributed by atoms with Crippen LogP contribution in [0.1, 0.15) is 415 Å². The molecule has 0 aromatic rings. The molecule has 0 saturated carbocycles. The van der Waals surface area contributed by atoms with E-state index in [1.165, 1.54) is 224 Å². The van der Waals surface area contributed by atoms with E-state index in [1.807, 2.05) is 6.08 Å². The quantitative estimate of drug-likeness (QED) is 0.0194. The van der Waals surface area contributed by atoms with Crippen molar-refractivity contribution in [2.75, 3.05) is 79.3 Å². The maximum Gasteiger partial charge on any atom is 0.306 e. The van der Waals surface area contributed by atoms with Crippen LogP contribution in [0.4, 0.5) is 0 Å². The molecule has 0 radical (unpaired) electrons. The molecule has 0 amide bonds. The maximum absolute atomic E-state index is 11.9. The first-order valence-corrected chi connectivity index (χ1v) is 46.2. The number of carboxylic acid groups (broad SMARTS) is 1. The number of ether oxygens (including phenoxy) is 6. The number of rotatable bonds is 74. The number of aliphatic carboxylic acids is 1. The second-order valence-corrected chi connectivity index (χ2v) is 36.8. The molecule has 658 valence electrons. The first kappa shape index (κ1) is 114. The highest BCUT2D eigenvalue weighted by Crippen LogP contribution is 2.28. The van der Waals surface area contributed by atoms with E-state index in [0.717, 1.165) is 103 Å². The lowest BCUT2D eigenvalue weighted by molar-refractivity contribution is -0.151. The molecular formula is C96H190O14. The molecule has 0 heterocycles. The Kier molecular flexibility index (Phi) is 85.7. The molecule has 0 aliphatic carbocycles. The van der Waals surface area contributed by atoms with Crippen molar-refractivity contribution in [3.63, 3.8) is 0 Å². The van der Waals surface area contributed by atoms with Crippen LogP contribution in [0.25, 0.3) is 0 Å². The summed E-state index contributed by atoms with van der Waals surface area (Å²) in [5.74, 6) is 9.86. The van der Waals surface area contributed by atoms with Gasteiger partial charge in [-0.3, -0.25) is 19.2 Å². The monoisotopic (exact) mass is 1570 g/mol. The van der Waals surface area contributed by atoms with E-state index < -0.39 is 17.9 Å². The number of aliphatic hydroxyl groups is 3. The molecule has 11 atom stereocenters. The highest BCUT2D eigenvalue weighted by atomic mass is 16.6. The van der Waals surface area contributed by atoms with Gasteiger partial charge in [0.15, 0.2) is 0 Å². The molecule has 0 aromatic carbocycles. The van der Waals surface area contributed by atoms with Gasteiger partial charge < -0.3 is 48.8 Å². The molecule has 110 heavy (non-hydrogen) atoms. The Labute approximate surface area is 682 Å². The molecular weight excluding hydrogens is 1380 g/mol. The Morgan fingerprint density at radius 3 is 0.709 bits per heavy atom. The molecule has 14 heteroatoms. The van der Waals surface area contributed by atoms with Crippen molar-refractivity contribution < 1.29 is 68.0 Å². The zero-order valence-corrected chi connectivity index (χ0v) is 76.5. The number of esters is 3. The van der Waals surface area contributed by atoms with Crippen LogP contribution in [-0.4, -0.2) is 124 Å². The third-order valence-corrected chi connectivity index (χ3v) is 22.3. The van der Waals surface area contributed by atoms with E-state index in [9.17, 15) is 19.2 Å². The topological polar surface area (TPSA) is 205 Å². The summed E-state index contributed by atoms with van der Waals surface area (Å²) in [5, 5.41) is 34.9. The average Bonchev–Trinajstić information content (AvgIpc) is 1.02. The fourth-order valence-corrected chi connectivity index (χ4v) is 14.2. The van der Waals surface area contributed by atoms with Crippen molar-refractivity contribution in [1.29, 1.82) is 0 Å². The third-order valence-electron chi connectivity index (χ3n) is 22.3. The summed E-state index contributed by atoms with van der Waals surface area (Å²) >= 11 is 0. The molecule has 11 unspecified atom stereocenters. The van der Waals surface area contributed by atoms with Crippen molar-refractivity contribution >= 4 is 23.9 Å². The first-order chi connectivity index (χ1) is 52.3.